The Morgan fingerprint density at radius 2 is 1.85 bits per heavy atom. The number of methoxy groups -OCH3 is 2. The van der Waals surface area contributed by atoms with E-state index in [0.717, 1.165) is 47.8 Å². The number of hydrogen-bond donors (Lipinski definition) is 3. The maximum absolute atomic E-state index is 12.5. The minimum atomic E-state index is -0.133. The van der Waals surface area contributed by atoms with E-state index in [1.807, 2.05) is 36.4 Å². The van der Waals surface area contributed by atoms with Crippen LogP contribution in [-0.2, 0) is 4.79 Å². The zero-order valence-electron chi connectivity index (χ0n) is 20.4. The van der Waals surface area contributed by atoms with Crippen LogP contribution in [0.5, 0.6) is 17.2 Å². The molecule has 3 aromatic rings. The Labute approximate surface area is 201 Å². The summed E-state index contributed by atoms with van der Waals surface area (Å²) in [4.78, 5) is 16.0. The van der Waals surface area contributed by atoms with E-state index in [0.29, 0.717) is 17.2 Å². The Kier molecular flexibility index (Phi) is 7.32. The molecule has 4 rings (SSSR count). The fourth-order valence-electron chi connectivity index (χ4n) is 4.84. The lowest BCUT2D eigenvalue weighted by atomic mass is 9.91. The summed E-state index contributed by atoms with van der Waals surface area (Å²) in [6.07, 6.45) is 4.11. The number of hydrogen-bond acceptors (Lipinski definition) is 5. The molecule has 2 atom stereocenters. The summed E-state index contributed by atoms with van der Waals surface area (Å²) in [6.45, 7) is 4.31. The molecule has 0 aliphatic heterocycles. The van der Waals surface area contributed by atoms with Crippen molar-refractivity contribution in [3.8, 4) is 28.5 Å². The first-order valence-electron chi connectivity index (χ1n) is 12.0. The monoisotopic (exact) mass is 465 g/mol. The quantitative estimate of drug-likeness (QED) is 0.446. The SMILES string of the molecule is COc1ccc(-c2[nH]c3ccc(OCC(=O)N[C@@H]4CCCC[C@H]4N)cc3c2C(C)C)cc1OC. The van der Waals surface area contributed by atoms with Gasteiger partial charge in [-0.2, -0.15) is 0 Å². The Hall–Kier alpha value is -3.19. The number of fused-ring (bicyclic) bond motifs is 1. The summed E-state index contributed by atoms with van der Waals surface area (Å²) in [5, 5.41) is 4.11. The van der Waals surface area contributed by atoms with Crippen LogP contribution in [0.4, 0.5) is 0 Å². The first kappa shape index (κ1) is 24.0. The van der Waals surface area contributed by atoms with Gasteiger partial charge in [0.1, 0.15) is 5.75 Å². The van der Waals surface area contributed by atoms with Crippen LogP contribution in [0.15, 0.2) is 36.4 Å². The van der Waals surface area contributed by atoms with Crippen molar-refractivity contribution >= 4 is 16.8 Å². The van der Waals surface area contributed by atoms with E-state index in [1.165, 1.54) is 5.56 Å². The Balaban J connectivity index is 1.56. The molecular weight excluding hydrogens is 430 g/mol. The number of H-pyrrole nitrogens is 1. The molecule has 1 amide bonds. The zero-order valence-corrected chi connectivity index (χ0v) is 20.4. The molecule has 1 fully saturated rings. The van der Waals surface area contributed by atoms with Crippen LogP contribution in [0.3, 0.4) is 0 Å². The lowest BCUT2D eigenvalue weighted by Gasteiger charge is -2.29. The average molecular weight is 466 g/mol. The number of benzene rings is 2. The molecule has 2 aromatic carbocycles. The van der Waals surface area contributed by atoms with E-state index in [-0.39, 0.29) is 30.5 Å². The Bertz CT molecular complexity index is 1150. The largest absolute Gasteiger partial charge is 0.493 e. The van der Waals surface area contributed by atoms with Crippen LogP contribution < -0.4 is 25.3 Å². The van der Waals surface area contributed by atoms with Gasteiger partial charge in [0.15, 0.2) is 18.1 Å². The van der Waals surface area contributed by atoms with Crippen LogP contribution in [0.1, 0.15) is 51.0 Å². The third kappa shape index (κ3) is 4.99. The summed E-state index contributed by atoms with van der Waals surface area (Å²) in [6, 6.07) is 11.9. The summed E-state index contributed by atoms with van der Waals surface area (Å²) >= 11 is 0. The number of carbonyl (C=O) groups excluding carboxylic acids is 1. The van der Waals surface area contributed by atoms with Gasteiger partial charge in [-0.1, -0.05) is 26.7 Å². The highest BCUT2D eigenvalue weighted by atomic mass is 16.5. The van der Waals surface area contributed by atoms with Gasteiger partial charge in [-0.25, -0.2) is 0 Å². The number of nitrogens with two attached hydrogens (primary N) is 1. The van der Waals surface area contributed by atoms with Crippen molar-refractivity contribution in [2.24, 2.45) is 5.73 Å². The number of aromatic amines is 1. The van der Waals surface area contributed by atoms with Crippen LogP contribution in [0, 0.1) is 0 Å². The summed E-state index contributed by atoms with van der Waals surface area (Å²) in [5.74, 6) is 2.17. The second-order valence-electron chi connectivity index (χ2n) is 9.26. The van der Waals surface area contributed by atoms with Crippen molar-refractivity contribution in [2.45, 2.75) is 57.5 Å². The van der Waals surface area contributed by atoms with Crippen molar-refractivity contribution in [1.29, 1.82) is 0 Å². The van der Waals surface area contributed by atoms with Gasteiger partial charge < -0.3 is 30.2 Å². The molecule has 0 spiro atoms. The van der Waals surface area contributed by atoms with E-state index in [2.05, 4.69) is 24.1 Å². The lowest BCUT2D eigenvalue weighted by Crippen LogP contribution is -2.50. The molecule has 7 nitrogen and oxygen atoms in total. The van der Waals surface area contributed by atoms with E-state index >= 15 is 0 Å². The number of carbonyl (C=O) groups is 1. The van der Waals surface area contributed by atoms with Gasteiger partial charge in [0.25, 0.3) is 5.91 Å². The standard InChI is InChI=1S/C27H35N3O4/c1-16(2)26-19-14-18(34-15-25(31)29-22-8-6-5-7-20(22)28)10-11-21(19)30-27(26)17-9-12-23(32-3)24(13-17)33-4/h9-14,16,20,22,30H,5-8,15,28H2,1-4H3,(H,29,31)/t20-,22-/m1/s1. The molecule has 1 saturated carbocycles. The Morgan fingerprint density at radius 3 is 2.56 bits per heavy atom. The number of nitrogens with one attached hydrogen (secondary N) is 2. The molecule has 1 aliphatic rings. The first-order chi connectivity index (χ1) is 16.4. The number of aromatic nitrogens is 1. The molecule has 1 heterocycles. The van der Waals surface area contributed by atoms with Crippen LogP contribution in [0.2, 0.25) is 0 Å². The highest BCUT2D eigenvalue weighted by Gasteiger charge is 2.23. The first-order valence-corrected chi connectivity index (χ1v) is 12.0. The van der Waals surface area contributed by atoms with Gasteiger partial charge in [-0.3, -0.25) is 4.79 Å². The highest BCUT2D eigenvalue weighted by molar-refractivity contribution is 5.92. The van der Waals surface area contributed by atoms with Crippen molar-refractivity contribution in [2.75, 3.05) is 20.8 Å². The molecule has 182 valence electrons. The molecule has 0 bridgehead atoms. The van der Waals surface area contributed by atoms with Crippen molar-refractivity contribution in [1.82, 2.24) is 10.3 Å². The van der Waals surface area contributed by atoms with Gasteiger partial charge in [-0.15, -0.1) is 0 Å². The minimum absolute atomic E-state index is 0.0255. The molecule has 7 heteroatoms. The van der Waals surface area contributed by atoms with E-state index in [1.54, 1.807) is 14.2 Å². The van der Waals surface area contributed by atoms with Gasteiger partial charge in [0.2, 0.25) is 0 Å². The molecule has 1 aliphatic carbocycles. The van der Waals surface area contributed by atoms with Crippen molar-refractivity contribution in [3.63, 3.8) is 0 Å². The maximum Gasteiger partial charge on any atom is 0.258 e. The predicted molar refractivity (Wildman–Crippen MR) is 135 cm³/mol. The average Bonchev–Trinajstić information content (AvgIpc) is 3.23. The summed E-state index contributed by atoms with van der Waals surface area (Å²) < 4.78 is 16.8. The van der Waals surface area contributed by atoms with E-state index in [9.17, 15) is 4.79 Å². The van der Waals surface area contributed by atoms with Gasteiger partial charge in [-0.05, 0) is 60.7 Å². The third-order valence-corrected chi connectivity index (χ3v) is 6.60. The zero-order chi connectivity index (χ0) is 24.2. The Morgan fingerprint density at radius 1 is 1.09 bits per heavy atom. The molecule has 0 saturated heterocycles. The maximum atomic E-state index is 12.5. The topological polar surface area (TPSA) is 98.6 Å². The van der Waals surface area contributed by atoms with E-state index in [4.69, 9.17) is 19.9 Å². The fourth-order valence-corrected chi connectivity index (χ4v) is 4.84. The van der Waals surface area contributed by atoms with Crippen LogP contribution in [0.25, 0.3) is 22.2 Å². The van der Waals surface area contributed by atoms with Crippen molar-refractivity contribution < 1.29 is 19.0 Å². The second kappa shape index (κ2) is 10.4. The fraction of sp³-hybridized carbons (Fsp3) is 0.444. The van der Waals surface area contributed by atoms with Crippen LogP contribution in [-0.4, -0.2) is 43.8 Å². The highest BCUT2D eigenvalue weighted by Crippen LogP contribution is 2.39. The van der Waals surface area contributed by atoms with Gasteiger partial charge >= 0.3 is 0 Å². The normalized spacial score (nSPS) is 18.2. The van der Waals surface area contributed by atoms with E-state index < -0.39 is 0 Å². The predicted octanol–water partition coefficient (Wildman–Crippen LogP) is 4.74. The van der Waals surface area contributed by atoms with Crippen molar-refractivity contribution in [3.05, 3.63) is 42.0 Å². The van der Waals surface area contributed by atoms with Crippen LogP contribution >= 0.6 is 0 Å². The molecule has 0 radical (unpaired) electrons. The van der Waals surface area contributed by atoms with Gasteiger partial charge in [0, 0.05) is 28.6 Å². The second-order valence-corrected chi connectivity index (χ2v) is 9.26. The summed E-state index contributed by atoms with van der Waals surface area (Å²) in [7, 11) is 3.27. The molecule has 34 heavy (non-hydrogen) atoms. The molecule has 0 unspecified atom stereocenters. The lowest BCUT2D eigenvalue weighted by molar-refractivity contribution is -0.124. The number of rotatable bonds is 8. The third-order valence-electron chi connectivity index (χ3n) is 6.60. The van der Waals surface area contributed by atoms with Gasteiger partial charge in [0.05, 0.1) is 19.9 Å². The number of amides is 1. The molecule has 1 aromatic heterocycles. The summed E-state index contributed by atoms with van der Waals surface area (Å²) in [5.41, 5.74) is 10.4. The number of ether oxygens (including phenoxy) is 3. The molecule has 4 N–H and O–H groups in total. The minimum Gasteiger partial charge on any atom is -0.493 e. The molecular formula is C27H35N3O4. The smallest absolute Gasteiger partial charge is 0.258 e.